The molecule has 1 atom stereocenters. The van der Waals surface area contributed by atoms with Crippen molar-refractivity contribution in [1.82, 2.24) is 4.57 Å². The number of para-hydroxylation sites is 2. The number of allylic oxidation sites excluding steroid dienone is 4. The van der Waals surface area contributed by atoms with Gasteiger partial charge in [0.15, 0.2) is 0 Å². The van der Waals surface area contributed by atoms with Crippen molar-refractivity contribution in [2.24, 2.45) is 0 Å². The van der Waals surface area contributed by atoms with E-state index in [2.05, 4.69) is 137 Å². The van der Waals surface area contributed by atoms with Gasteiger partial charge in [-0.05, 0) is 50.9 Å². The third kappa shape index (κ3) is 3.24. The predicted molar refractivity (Wildman–Crippen MR) is 181 cm³/mol. The van der Waals surface area contributed by atoms with E-state index in [0.29, 0.717) is 0 Å². The van der Waals surface area contributed by atoms with Gasteiger partial charge in [0, 0.05) is 37.6 Å². The molecule has 0 saturated heterocycles. The van der Waals surface area contributed by atoms with Gasteiger partial charge in [-0.15, -0.1) is 0 Å². The van der Waals surface area contributed by atoms with Crippen LogP contribution in [-0.4, -0.2) is 9.67 Å². The summed E-state index contributed by atoms with van der Waals surface area (Å²) in [5, 5.41) is 20.1. The number of aromatic nitrogens is 1. The largest absolute Gasteiger partial charge is 0.376 e. The quantitative estimate of drug-likeness (QED) is 0.199. The lowest BCUT2D eigenvalue weighted by atomic mass is 9.82. The van der Waals surface area contributed by atoms with Gasteiger partial charge < -0.3 is 9.67 Å². The van der Waals surface area contributed by atoms with Gasteiger partial charge in [0.05, 0.1) is 11.0 Å². The third-order valence-electron chi connectivity index (χ3n) is 8.75. The van der Waals surface area contributed by atoms with Crippen LogP contribution >= 0.6 is 15.9 Å². The summed E-state index contributed by atoms with van der Waals surface area (Å²) in [6.07, 6.45) is 5.62. The van der Waals surface area contributed by atoms with Gasteiger partial charge in [-0.1, -0.05) is 138 Å². The molecule has 0 aliphatic heterocycles. The van der Waals surface area contributed by atoms with Crippen LogP contribution in [0.5, 0.6) is 0 Å². The van der Waals surface area contributed by atoms with Gasteiger partial charge in [0.1, 0.15) is 5.60 Å². The Morgan fingerprint density at radius 2 is 1.36 bits per heavy atom. The molecule has 0 radical (unpaired) electrons. The van der Waals surface area contributed by atoms with E-state index in [1.807, 2.05) is 18.2 Å². The molecule has 1 unspecified atom stereocenters. The first-order valence-corrected chi connectivity index (χ1v) is 14.8. The zero-order valence-electron chi connectivity index (χ0n) is 22.8. The minimum atomic E-state index is -1.42. The SMILES string of the molecule is C=C/C=C\C(=C)n1c2ccccc2c2cccc(C3(O)c4ccc5ccccc5c4-c4c3cc(Br)c3ccccc43)c21. The number of rotatable bonds is 4. The molecule has 0 saturated carbocycles. The molecule has 1 N–H and O–H groups in total. The van der Waals surface area contributed by atoms with E-state index in [0.717, 1.165) is 81.3 Å². The number of hydrogen-bond acceptors (Lipinski definition) is 1. The summed E-state index contributed by atoms with van der Waals surface area (Å²) in [6, 6.07) is 37.9. The van der Waals surface area contributed by atoms with E-state index in [1.54, 1.807) is 6.08 Å². The maximum Gasteiger partial charge on any atom is 0.143 e. The second-order valence-electron chi connectivity index (χ2n) is 10.9. The molecule has 0 bridgehead atoms. The summed E-state index contributed by atoms with van der Waals surface area (Å²) >= 11 is 3.86. The van der Waals surface area contributed by atoms with Gasteiger partial charge >= 0.3 is 0 Å². The van der Waals surface area contributed by atoms with Crippen molar-refractivity contribution in [2.75, 3.05) is 0 Å². The number of benzene rings is 6. The topological polar surface area (TPSA) is 25.2 Å². The molecule has 1 aromatic heterocycles. The predicted octanol–water partition coefficient (Wildman–Crippen LogP) is 10.3. The van der Waals surface area contributed by atoms with E-state index >= 15 is 0 Å². The summed E-state index contributed by atoms with van der Waals surface area (Å²) in [4.78, 5) is 0. The van der Waals surface area contributed by atoms with Crippen molar-refractivity contribution in [3.63, 3.8) is 0 Å². The zero-order valence-corrected chi connectivity index (χ0v) is 24.4. The first-order valence-electron chi connectivity index (χ1n) is 14.0. The van der Waals surface area contributed by atoms with E-state index in [1.165, 1.54) is 0 Å². The maximum atomic E-state index is 13.4. The molecule has 200 valence electrons. The molecular formula is C39H26BrNO. The lowest BCUT2D eigenvalue weighted by Crippen LogP contribution is -2.27. The minimum absolute atomic E-state index is 0.800. The lowest BCUT2D eigenvalue weighted by Gasteiger charge is -2.29. The summed E-state index contributed by atoms with van der Waals surface area (Å²) in [5.74, 6) is 0. The highest BCUT2D eigenvalue weighted by Gasteiger charge is 2.46. The maximum absolute atomic E-state index is 13.4. The van der Waals surface area contributed by atoms with Crippen LogP contribution in [0.2, 0.25) is 0 Å². The Bertz CT molecular complexity index is 2320. The first-order chi connectivity index (χ1) is 20.5. The monoisotopic (exact) mass is 603 g/mol. The minimum Gasteiger partial charge on any atom is -0.376 e. The van der Waals surface area contributed by atoms with Crippen molar-refractivity contribution in [1.29, 1.82) is 0 Å². The van der Waals surface area contributed by atoms with Crippen molar-refractivity contribution >= 4 is 65.0 Å². The molecule has 0 spiro atoms. The number of hydrogen-bond donors (Lipinski definition) is 1. The molecular weight excluding hydrogens is 578 g/mol. The molecule has 42 heavy (non-hydrogen) atoms. The summed E-state index contributed by atoms with van der Waals surface area (Å²) in [7, 11) is 0. The van der Waals surface area contributed by atoms with Crippen LogP contribution < -0.4 is 0 Å². The lowest BCUT2D eigenvalue weighted by molar-refractivity contribution is 0.132. The van der Waals surface area contributed by atoms with Crippen molar-refractivity contribution in [2.45, 2.75) is 5.60 Å². The second-order valence-corrected chi connectivity index (χ2v) is 11.7. The Balaban J connectivity index is 1.58. The Kier molecular flexibility index (Phi) is 5.46. The van der Waals surface area contributed by atoms with Gasteiger partial charge in [-0.25, -0.2) is 0 Å². The molecule has 7 aromatic rings. The molecule has 2 nitrogen and oxygen atoms in total. The fraction of sp³-hybridized carbons (Fsp3) is 0.0256. The molecule has 1 heterocycles. The van der Waals surface area contributed by atoms with Crippen LogP contribution in [0.4, 0.5) is 0 Å². The van der Waals surface area contributed by atoms with Gasteiger partial charge in [-0.3, -0.25) is 0 Å². The average molecular weight is 605 g/mol. The van der Waals surface area contributed by atoms with Crippen LogP contribution in [0, 0.1) is 0 Å². The van der Waals surface area contributed by atoms with E-state index in [-0.39, 0.29) is 0 Å². The Morgan fingerprint density at radius 1 is 0.690 bits per heavy atom. The third-order valence-corrected chi connectivity index (χ3v) is 9.41. The van der Waals surface area contributed by atoms with Gasteiger partial charge in [0.25, 0.3) is 0 Å². The molecule has 1 aliphatic rings. The summed E-state index contributed by atoms with van der Waals surface area (Å²) < 4.78 is 3.13. The van der Waals surface area contributed by atoms with Crippen molar-refractivity contribution < 1.29 is 5.11 Å². The zero-order chi connectivity index (χ0) is 28.6. The Hall–Kier alpha value is -4.70. The molecule has 8 rings (SSSR count). The highest BCUT2D eigenvalue weighted by molar-refractivity contribution is 9.10. The average Bonchev–Trinajstić information content (AvgIpc) is 3.50. The standard InChI is InChI=1S/C39H26BrNO/c1-3-4-12-24(2)41-35-20-10-9-16-28(35)30-18-11-19-32(38(30)41)39(42)31-22-21-25-13-5-6-14-26(25)36(31)37-29-17-8-7-15-27(29)34(40)23-33(37)39/h3-23,42H,1-2H2/b12-4-. The van der Waals surface area contributed by atoms with Crippen LogP contribution in [-0.2, 0) is 5.60 Å². The van der Waals surface area contributed by atoms with Crippen LogP contribution in [0.15, 0.2) is 145 Å². The normalized spacial score (nSPS) is 16.0. The Labute approximate surface area is 252 Å². The highest BCUT2D eigenvalue weighted by Crippen LogP contribution is 2.57. The molecule has 0 fully saturated rings. The fourth-order valence-corrected chi connectivity index (χ4v) is 7.60. The molecule has 0 amide bonds. The number of fused-ring (bicyclic) bond motifs is 10. The molecule has 1 aliphatic carbocycles. The van der Waals surface area contributed by atoms with Crippen LogP contribution in [0.25, 0.3) is 60.2 Å². The van der Waals surface area contributed by atoms with Gasteiger partial charge in [-0.2, -0.15) is 0 Å². The highest BCUT2D eigenvalue weighted by atomic mass is 79.9. The van der Waals surface area contributed by atoms with E-state index in [4.69, 9.17) is 0 Å². The number of aliphatic hydroxyl groups is 1. The van der Waals surface area contributed by atoms with Gasteiger partial charge in [0.2, 0.25) is 0 Å². The fourth-order valence-electron chi connectivity index (χ4n) is 7.03. The van der Waals surface area contributed by atoms with Crippen LogP contribution in [0.1, 0.15) is 16.7 Å². The number of halogens is 1. The van der Waals surface area contributed by atoms with Crippen molar-refractivity contribution in [3.05, 3.63) is 162 Å². The molecule has 3 heteroatoms. The van der Waals surface area contributed by atoms with Crippen LogP contribution in [0.3, 0.4) is 0 Å². The Morgan fingerprint density at radius 3 is 2.17 bits per heavy atom. The van der Waals surface area contributed by atoms with Crippen molar-refractivity contribution in [3.8, 4) is 11.1 Å². The summed E-state index contributed by atoms with van der Waals surface area (Å²) in [6.45, 7) is 8.31. The first kappa shape index (κ1) is 25.0. The van der Waals surface area contributed by atoms with E-state index < -0.39 is 5.60 Å². The second kappa shape index (κ2) is 9.15. The summed E-state index contributed by atoms with van der Waals surface area (Å²) in [5.41, 5.74) is 6.10. The molecule has 6 aromatic carbocycles. The smallest absolute Gasteiger partial charge is 0.143 e. The number of nitrogens with zero attached hydrogens (tertiary/aromatic N) is 1. The van der Waals surface area contributed by atoms with E-state index in [9.17, 15) is 5.11 Å².